The van der Waals surface area contributed by atoms with Crippen LogP contribution in [0.15, 0.2) is 18.2 Å². The number of rotatable bonds is 4. The monoisotopic (exact) mass is 305 g/mol. The number of benzene rings is 1. The third-order valence-electron chi connectivity index (χ3n) is 2.55. The first-order valence-corrected chi connectivity index (χ1v) is 4.99. The first-order valence-electron chi connectivity index (χ1n) is 4.99. The van der Waals surface area contributed by atoms with E-state index in [1.165, 1.54) is 4.90 Å². The van der Waals surface area contributed by atoms with Gasteiger partial charge in [0.05, 0.1) is 6.29 Å². The van der Waals surface area contributed by atoms with Crippen LogP contribution in [-0.2, 0) is 48.7 Å². The van der Waals surface area contributed by atoms with Gasteiger partial charge in [-0.3, -0.25) is 14.5 Å². The Labute approximate surface area is 124 Å². The molecule has 2 rings (SSSR count). The van der Waals surface area contributed by atoms with E-state index in [1.807, 2.05) is 0 Å². The second-order valence-corrected chi connectivity index (χ2v) is 3.63. The molecular weight excluding hydrogens is 295 g/mol. The van der Waals surface area contributed by atoms with Crippen molar-refractivity contribution in [2.75, 3.05) is 6.54 Å². The van der Waals surface area contributed by atoms with E-state index in [0.29, 0.717) is 18.5 Å². The van der Waals surface area contributed by atoms with Crippen LogP contribution in [0.5, 0.6) is 0 Å². The van der Waals surface area contributed by atoms with Crippen molar-refractivity contribution in [3.63, 3.8) is 0 Å². The number of aldehydes is 1. The Morgan fingerprint density at radius 2 is 2.00 bits per heavy atom. The molecule has 1 radical (unpaired) electrons. The van der Waals surface area contributed by atoms with Crippen molar-refractivity contribution in [1.29, 1.82) is 0 Å². The predicted molar refractivity (Wildman–Crippen MR) is 55.7 cm³/mol. The number of carbonyl (C=O) groups is 3. The zero-order valence-electron chi connectivity index (χ0n) is 9.18. The molecule has 1 fully saturated rings. The minimum absolute atomic E-state index is 0. The zero-order valence-corrected chi connectivity index (χ0v) is 12.0. The van der Waals surface area contributed by atoms with Crippen LogP contribution in [0.1, 0.15) is 22.3 Å². The van der Waals surface area contributed by atoms with Gasteiger partial charge in [0.2, 0.25) is 11.8 Å². The van der Waals surface area contributed by atoms with Gasteiger partial charge in [0, 0.05) is 39.3 Å². The molecule has 0 atom stereocenters. The van der Waals surface area contributed by atoms with E-state index in [0.717, 1.165) is 11.8 Å². The topological polar surface area (TPSA) is 54.5 Å². The molecule has 17 heavy (non-hydrogen) atoms. The number of imide groups is 1. The molecule has 4 nitrogen and oxygen atoms in total. The Balaban J connectivity index is 0.00000144. The fourth-order valence-electron chi connectivity index (χ4n) is 1.55. The first-order chi connectivity index (χ1) is 7.70. The van der Waals surface area contributed by atoms with E-state index in [2.05, 4.69) is 6.07 Å². The second-order valence-electron chi connectivity index (χ2n) is 3.63. The summed E-state index contributed by atoms with van der Waals surface area (Å²) >= 11 is 0. The summed E-state index contributed by atoms with van der Waals surface area (Å²) < 4.78 is 0. The summed E-state index contributed by atoms with van der Waals surface area (Å²) in [5, 5.41) is 0. The maximum Gasteiger partial charge on any atom is 0.238 e. The summed E-state index contributed by atoms with van der Waals surface area (Å²) in [6.07, 6.45) is 1.37. The summed E-state index contributed by atoms with van der Waals surface area (Å²) in [6, 6.07) is 8.01. The van der Waals surface area contributed by atoms with Crippen LogP contribution in [0, 0.1) is 6.07 Å². The maximum atomic E-state index is 11.0. The van der Waals surface area contributed by atoms with E-state index in [9.17, 15) is 14.4 Å². The van der Waals surface area contributed by atoms with Crippen molar-refractivity contribution in [1.82, 2.24) is 4.90 Å². The van der Waals surface area contributed by atoms with Crippen molar-refractivity contribution < 1.29 is 47.1 Å². The Morgan fingerprint density at radius 3 is 2.47 bits per heavy atom. The Morgan fingerprint density at radius 1 is 1.29 bits per heavy atom. The van der Waals surface area contributed by atoms with Gasteiger partial charge in [-0.05, 0) is 6.42 Å². The van der Waals surface area contributed by atoms with Crippen LogP contribution in [0.2, 0.25) is 0 Å². The molecule has 1 aromatic carbocycles. The quantitative estimate of drug-likeness (QED) is 0.354. The number of nitrogens with zero attached hydrogens (tertiary/aromatic N) is 1. The number of amides is 2. The summed E-state index contributed by atoms with van der Waals surface area (Å²) in [4.78, 5) is 33.7. The normalized spacial score (nSPS) is 14.0. The Kier molecular flexibility index (Phi) is 5.15. The van der Waals surface area contributed by atoms with Crippen molar-refractivity contribution in [3.05, 3.63) is 35.4 Å². The van der Waals surface area contributed by atoms with Gasteiger partial charge in [-0.15, -0.1) is 0 Å². The molecule has 1 aliphatic heterocycles. The van der Waals surface area contributed by atoms with Gasteiger partial charge in [-0.1, -0.05) is 5.56 Å². The largest absolute Gasteiger partial charge is 0.312 e. The van der Waals surface area contributed by atoms with E-state index in [4.69, 9.17) is 0 Å². The summed E-state index contributed by atoms with van der Waals surface area (Å²) in [7, 11) is 0. The fourth-order valence-corrected chi connectivity index (χ4v) is 1.55. The van der Waals surface area contributed by atoms with Crippen LogP contribution in [0.25, 0.3) is 0 Å². The third kappa shape index (κ3) is 3.30. The van der Waals surface area contributed by atoms with Gasteiger partial charge in [-0.2, -0.15) is 29.8 Å². The minimum Gasteiger partial charge on any atom is -0.312 e. The molecule has 1 aromatic rings. The van der Waals surface area contributed by atoms with E-state index in [-0.39, 0.29) is 50.9 Å². The average molecular weight is 305 g/mol. The number of hydrogen-bond acceptors (Lipinski definition) is 3. The maximum absolute atomic E-state index is 11.0. The summed E-state index contributed by atoms with van der Waals surface area (Å²) in [5.41, 5.74) is 1.46. The number of hydrogen-bond donors (Lipinski definition) is 0. The minimum atomic E-state index is -0.116. The van der Waals surface area contributed by atoms with Crippen molar-refractivity contribution in [2.45, 2.75) is 12.8 Å². The van der Waals surface area contributed by atoms with Crippen molar-refractivity contribution in [2.24, 2.45) is 0 Å². The molecule has 85 valence electrons. The number of likely N-dealkylation sites (tertiary alicyclic amines) is 1. The van der Waals surface area contributed by atoms with E-state index < -0.39 is 0 Å². The molecule has 0 spiro atoms. The van der Waals surface area contributed by atoms with Gasteiger partial charge < -0.3 is 4.79 Å². The van der Waals surface area contributed by atoms with Gasteiger partial charge >= 0.3 is 0 Å². The SMILES string of the molecule is O=Cc1c[c-]c(CCN2C(=O)CC2=O)cc1.[Y]. The molecule has 0 aliphatic carbocycles. The van der Waals surface area contributed by atoms with E-state index >= 15 is 0 Å². The molecule has 0 aromatic heterocycles. The van der Waals surface area contributed by atoms with Gasteiger partial charge in [0.25, 0.3) is 0 Å². The number of carbonyl (C=O) groups excluding carboxylic acids is 3. The summed E-state index contributed by atoms with van der Waals surface area (Å²) in [5.74, 6) is -0.232. The Bertz CT molecular complexity index is 428. The molecule has 1 aliphatic rings. The van der Waals surface area contributed by atoms with Crippen molar-refractivity contribution >= 4 is 18.1 Å². The molecular formula is C12H10NO3Y-. The van der Waals surface area contributed by atoms with Crippen LogP contribution in [-0.4, -0.2) is 29.5 Å². The molecule has 0 bridgehead atoms. The summed E-state index contributed by atoms with van der Waals surface area (Å²) in [6.45, 7) is 0.397. The van der Waals surface area contributed by atoms with E-state index in [1.54, 1.807) is 18.2 Å². The van der Waals surface area contributed by atoms with Gasteiger partial charge in [0.1, 0.15) is 6.42 Å². The fraction of sp³-hybridized carbons (Fsp3) is 0.250. The molecule has 1 saturated heterocycles. The Hall–Kier alpha value is -0.866. The standard InChI is InChI=1S/C12H10NO3.Y/c14-8-10-3-1-9(2-4-10)5-6-13-11(15)7-12(13)16;/h1,3-4,8H,5-7H2;/q-1;. The third-order valence-corrected chi connectivity index (χ3v) is 2.55. The predicted octanol–water partition coefficient (Wildman–Crippen LogP) is 0.598. The zero-order chi connectivity index (χ0) is 11.5. The molecule has 0 N–H and O–H groups in total. The first kappa shape index (κ1) is 14.2. The number of β-lactam (4-membered cyclic amide) rings is 2. The van der Waals surface area contributed by atoms with Gasteiger partial charge in [-0.25, -0.2) is 0 Å². The van der Waals surface area contributed by atoms with Crippen LogP contribution in [0.3, 0.4) is 0 Å². The van der Waals surface area contributed by atoms with Crippen LogP contribution in [0.4, 0.5) is 0 Å². The molecule has 0 saturated carbocycles. The molecule has 5 heteroatoms. The van der Waals surface area contributed by atoms with Gasteiger partial charge in [0.15, 0.2) is 0 Å². The average Bonchev–Trinajstić information content (AvgIpc) is 2.30. The second kappa shape index (κ2) is 6.17. The van der Waals surface area contributed by atoms with Crippen LogP contribution >= 0.6 is 0 Å². The smallest absolute Gasteiger partial charge is 0.238 e. The molecule has 2 amide bonds. The molecule has 0 unspecified atom stereocenters. The van der Waals surface area contributed by atoms with Crippen molar-refractivity contribution in [3.8, 4) is 0 Å². The van der Waals surface area contributed by atoms with Crippen LogP contribution < -0.4 is 0 Å². The molecule has 1 heterocycles.